The molecule has 0 aliphatic carbocycles. The molecule has 11 heteroatoms. The lowest BCUT2D eigenvalue weighted by molar-refractivity contribution is -0.113. The number of hydrogen-bond donors (Lipinski definition) is 1. The SMILES string of the molecule is CCOC(=O)c1cc(CC)sc1NC(=O)CSc1nnc(-c2cccs2)n1CC1CCCO1. The third-order valence-corrected chi connectivity index (χ3v) is 8.11. The smallest absolute Gasteiger partial charge is 0.341 e. The van der Waals surface area contributed by atoms with E-state index in [2.05, 4.69) is 15.5 Å². The maximum atomic E-state index is 12.7. The number of thioether (sulfide) groups is 1. The van der Waals surface area contributed by atoms with Gasteiger partial charge in [0.2, 0.25) is 5.91 Å². The molecule has 3 aromatic rings. The normalized spacial score (nSPS) is 15.6. The fourth-order valence-corrected chi connectivity index (χ4v) is 5.97. The van der Waals surface area contributed by atoms with E-state index < -0.39 is 5.97 Å². The molecule has 8 nitrogen and oxygen atoms in total. The first-order chi connectivity index (χ1) is 16.1. The summed E-state index contributed by atoms with van der Waals surface area (Å²) in [5.41, 5.74) is 0.401. The topological polar surface area (TPSA) is 95.3 Å². The average Bonchev–Trinajstić information content (AvgIpc) is 3.60. The van der Waals surface area contributed by atoms with Crippen LogP contribution in [0.5, 0.6) is 0 Å². The van der Waals surface area contributed by atoms with Crippen molar-refractivity contribution in [3.63, 3.8) is 0 Å². The van der Waals surface area contributed by atoms with E-state index in [1.54, 1.807) is 24.3 Å². The highest BCUT2D eigenvalue weighted by Gasteiger charge is 2.23. The van der Waals surface area contributed by atoms with Crippen LogP contribution >= 0.6 is 34.4 Å². The number of anilines is 1. The van der Waals surface area contributed by atoms with Gasteiger partial charge in [0.15, 0.2) is 11.0 Å². The average molecular weight is 507 g/mol. The molecule has 0 bridgehead atoms. The van der Waals surface area contributed by atoms with Gasteiger partial charge in [0.1, 0.15) is 5.00 Å². The number of thiophene rings is 2. The highest BCUT2D eigenvalue weighted by molar-refractivity contribution is 7.99. The summed E-state index contributed by atoms with van der Waals surface area (Å²) in [4.78, 5) is 27.1. The zero-order valence-corrected chi connectivity index (χ0v) is 21.0. The van der Waals surface area contributed by atoms with Crippen molar-refractivity contribution in [1.82, 2.24) is 14.8 Å². The number of hydrogen-bond acceptors (Lipinski definition) is 9. The molecule has 4 rings (SSSR count). The minimum absolute atomic E-state index is 0.124. The molecule has 3 aromatic heterocycles. The maximum Gasteiger partial charge on any atom is 0.341 e. The van der Waals surface area contributed by atoms with Crippen LogP contribution in [0.25, 0.3) is 10.7 Å². The monoisotopic (exact) mass is 506 g/mol. The lowest BCUT2D eigenvalue weighted by Crippen LogP contribution is -2.18. The first-order valence-electron chi connectivity index (χ1n) is 10.9. The Bertz CT molecular complexity index is 1090. The molecular formula is C22H26N4O4S3. The van der Waals surface area contributed by atoms with Crippen LogP contribution in [0.4, 0.5) is 5.00 Å². The van der Waals surface area contributed by atoms with Crippen LogP contribution in [0.1, 0.15) is 41.9 Å². The molecule has 1 aliphatic rings. The molecule has 0 aromatic carbocycles. The third kappa shape index (κ3) is 5.84. The number of amides is 1. The summed E-state index contributed by atoms with van der Waals surface area (Å²) < 4.78 is 13.0. The number of esters is 1. The number of carbonyl (C=O) groups is 2. The first kappa shape index (κ1) is 23.9. The first-order valence-corrected chi connectivity index (χ1v) is 13.6. The van der Waals surface area contributed by atoms with Crippen molar-refractivity contribution in [2.75, 3.05) is 24.3 Å². The summed E-state index contributed by atoms with van der Waals surface area (Å²) in [6.07, 6.45) is 2.95. The van der Waals surface area contributed by atoms with Crippen molar-refractivity contribution in [3.8, 4) is 10.7 Å². The van der Waals surface area contributed by atoms with Crippen molar-refractivity contribution in [2.45, 2.75) is 50.9 Å². The Kier molecular flexibility index (Phi) is 8.18. The van der Waals surface area contributed by atoms with E-state index in [0.29, 0.717) is 22.3 Å². The van der Waals surface area contributed by atoms with Gasteiger partial charge in [-0.05, 0) is 43.7 Å². The van der Waals surface area contributed by atoms with Gasteiger partial charge in [-0.2, -0.15) is 0 Å². The number of nitrogens with zero attached hydrogens (tertiary/aromatic N) is 3. The van der Waals surface area contributed by atoms with Crippen LogP contribution in [0.15, 0.2) is 28.7 Å². The second kappa shape index (κ2) is 11.3. The molecule has 0 saturated carbocycles. The molecule has 1 fully saturated rings. The van der Waals surface area contributed by atoms with Gasteiger partial charge in [0.05, 0.1) is 35.4 Å². The van der Waals surface area contributed by atoms with Gasteiger partial charge in [-0.3, -0.25) is 9.36 Å². The second-order valence-corrected chi connectivity index (χ2v) is 10.4. The van der Waals surface area contributed by atoms with Crippen molar-refractivity contribution in [1.29, 1.82) is 0 Å². The Morgan fingerprint density at radius 2 is 2.24 bits per heavy atom. The highest BCUT2D eigenvalue weighted by Crippen LogP contribution is 2.31. The zero-order valence-electron chi connectivity index (χ0n) is 18.5. The molecule has 1 aliphatic heterocycles. The van der Waals surface area contributed by atoms with Crippen molar-refractivity contribution in [3.05, 3.63) is 34.0 Å². The van der Waals surface area contributed by atoms with Crippen molar-refractivity contribution in [2.24, 2.45) is 0 Å². The predicted octanol–water partition coefficient (Wildman–Crippen LogP) is 4.72. The second-order valence-electron chi connectivity index (χ2n) is 7.40. The summed E-state index contributed by atoms with van der Waals surface area (Å²) in [7, 11) is 0. The summed E-state index contributed by atoms with van der Waals surface area (Å²) >= 11 is 4.33. The van der Waals surface area contributed by atoms with Crippen molar-refractivity contribution >= 4 is 51.3 Å². The van der Waals surface area contributed by atoms with Gasteiger partial charge in [-0.1, -0.05) is 24.8 Å². The minimum atomic E-state index is -0.423. The number of aromatic nitrogens is 3. The molecule has 1 atom stereocenters. The van der Waals surface area contributed by atoms with Gasteiger partial charge >= 0.3 is 5.97 Å². The van der Waals surface area contributed by atoms with Gasteiger partial charge in [-0.15, -0.1) is 32.9 Å². The van der Waals surface area contributed by atoms with E-state index >= 15 is 0 Å². The number of aryl methyl sites for hydroxylation is 1. The fraction of sp³-hybridized carbons (Fsp3) is 0.455. The fourth-order valence-electron chi connectivity index (χ4n) is 3.50. The van der Waals surface area contributed by atoms with E-state index in [1.807, 2.05) is 29.0 Å². The van der Waals surface area contributed by atoms with Crippen LogP contribution in [0.3, 0.4) is 0 Å². The van der Waals surface area contributed by atoms with E-state index in [4.69, 9.17) is 9.47 Å². The molecule has 4 heterocycles. The largest absolute Gasteiger partial charge is 0.462 e. The minimum Gasteiger partial charge on any atom is -0.462 e. The Morgan fingerprint density at radius 1 is 1.36 bits per heavy atom. The van der Waals surface area contributed by atoms with Gasteiger partial charge < -0.3 is 14.8 Å². The van der Waals surface area contributed by atoms with Crippen molar-refractivity contribution < 1.29 is 19.1 Å². The zero-order chi connectivity index (χ0) is 23.2. The van der Waals surface area contributed by atoms with Gasteiger partial charge in [0, 0.05) is 11.5 Å². The van der Waals surface area contributed by atoms with E-state index in [-0.39, 0.29) is 24.4 Å². The van der Waals surface area contributed by atoms with E-state index in [9.17, 15) is 9.59 Å². The summed E-state index contributed by atoms with van der Waals surface area (Å²) in [6, 6.07) is 5.79. The predicted molar refractivity (Wildman–Crippen MR) is 131 cm³/mol. The van der Waals surface area contributed by atoms with Crippen LogP contribution in [-0.2, 0) is 27.2 Å². The Hall–Kier alpha value is -2.21. The molecule has 0 radical (unpaired) electrons. The van der Waals surface area contributed by atoms with Gasteiger partial charge in [0.25, 0.3) is 0 Å². The lowest BCUT2D eigenvalue weighted by Gasteiger charge is -2.14. The lowest BCUT2D eigenvalue weighted by atomic mass is 10.2. The number of nitrogens with one attached hydrogen (secondary N) is 1. The number of rotatable bonds is 10. The molecule has 1 N–H and O–H groups in total. The molecule has 33 heavy (non-hydrogen) atoms. The van der Waals surface area contributed by atoms with E-state index in [0.717, 1.165) is 41.4 Å². The molecular weight excluding hydrogens is 480 g/mol. The third-order valence-electron chi connectivity index (χ3n) is 5.08. The Labute approximate surface area is 204 Å². The van der Waals surface area contributed by atoms with E-state index in [1.165, 1.54) is 23.1 Å². The molecule has 1 unspecified atom stereocenters. The molecule has 176 valence electrons. The molecule has 1 amide bonds. The quantitative estimate of drug-likeness (QED) is 0.314. The Morgan fingerprint density at radius 3 is 2.94 bits per heavy atom. The summed E-state index contributed by atoms with van der Waals surface area (Å²) in [5.74, 6) is 0.307. The number of ether oxygens (including phenoxy) is 2. The Balaban J connectivity index is 1.46. The molecule has 0 spiro atoms. The highest BCUT2D eigenvalue weighted by atomic mass is 32.2. The van der Waals surface area contributed by atoms with Crippen LogP contribution in [-0.4, -0.2) is 51.7 Å². The summed E-state index contributed by atoms with van der Waals surface area (Å²) in [5, 5.41) is 14.8. The summed E-state index contributed by atoms with van der Waals surface area (Å²) in [6.45, 7) is 5.48. The maximum absolute atomic E-state index is 12.7. The standard InChI is InChI=1S/C22H26N4O4S3/c1-3-15-11-16(21(28)29-4-2)20(33-15)23-18(27)13-32-22-25-24-19(17-8-6-10-31-17)26(22)12-14-7-5-9-30-14/h6,8,10-11,14H,3-5,7,9,12-13H2,1-2H3,(H,23,27). The number of carbonyl (C=O) groups excluding carboxylic acids is 2. The van der Waals surface area contributed by atoms with Crippen LogP contribution in [0, 0.1) is 0 Å². The van der Waals surface area contributed by atoms with Gasteiger partial charge in [-0.25, -0.2) is 4.79 Å². The van der Waals surface area contributed by atoms with Crippen LogP contribution < -0.4 is 5.32 Å². The molecule has 1 saturated heterocycles. The van der Waals surface area contributed by atoms with Crippen LogP contribution in [0.2, 0.25) is 0 Å².